The number of benzene rings is 2. The second kappa shape index (κ2) is 11.6. The fraction of sp³-hybridized carbons (Fsp3) is 0.346. The van der Waals surface area contributed by atoms with Gasteiger partial charge in [-0.25, -0.2) is 13.2 Å². The van der Waals surface area contributed by atoms with Gasteiger partial charge in [-0.3, -0.25) is 9.80 Å². The van der Waals surface area contributed by atoms with Crippen LogP contribution in [0.25, 0.3) is 10.9 Å². The summed E-state index contributed by atoms with van der Waals surface area (Å²) in [6.07, 6.45) is 1.37. The van der Waals surface area contributed by atoms with Crippen LogP contribution in [0.1, 0.15) is 11.1 Å². The fourth-order valence-electron chi connectivity index (χ4n) is 4.57. The molecule has 3 aromatic rings. The highest BCUT2D eigenvalue weighted by Gasteiger charge is 2.42. The molecule has 212 valence electrons. The van der Waals surface area contributed by atoms with Gasteiger partial charge < -0.3 is 24.5 Å². The van der Waals surface area contributed by atoms with E-state index in [9.17, 15) is 23.1 Å². The van der Waals surface area contributed by atoms with E-state index in [1.165, 1.54) is 11.0 Å². The number of H-pyrrole nitrogens is 1. The fourth-order valence-corrected chi connectivity index (χ4v) is 6.16. The van der Waals surface area contributed by atoms with Gasteiger partial charge in [-0.1, -0.05) is 35.9 Å². The van der Waals surface area contributed by atoms with Crippen molar-refractivity contribution in [2.45, 2.75) is 23.9 Å². The Kier molecular flexibility index (Phi) is 8.10. The average molecular weight is 590 g/mol. The SMILES string of the molecule is CN(CC1OCCO1)N=Cc1ccc(CN2C(=O)CN(S(=O)(=O)c3cc4cc(Cl)ccc4[nH]3)C[C@@H]2C(=O)O)cc1. The first kappa shape index (κ1) is 28.1. The molecule has 2 fully saturated rings. The summed E-state index contributed by atoms with van der Waals surface area (Å²) in [5.74, 6) is -1.90. The number of amides is 1. The highest BCUT2D eigenvalue weighted by molar-refractivity contribution is 7.89. The van der Waals surface area contributed by atoms with Crippen LogP contribution in [0.15, 0.2) is 58.7 Å². The third-order valence-electron chi connectivity index (χ3n) is 6.69. The van der Waals surface area contributed by atoms with E-state index in [4.69, 9.17) is 21.1 Å². The molecule has 2 saturated heterocycles. The largest absolute Gasteiger partial charge is 0.480 e. The van der Waals surface area contributed by atoms with Crippen molar-refractivity contribution >= 4 is 50.6 Å². The van der Waals surface area contributed by atoms with E-state index < -0.39 is 34.5 Å². The normalized spacial score (nSPS) is 19.2. The highest BCUT2D eigenvalue weighted by Crippen LogP contribution is 2.26. The first-order chi connectivity index (χ1) is 19.1. The molecule has 0 radical (unpaired) electrons. The van der Waals surface area contributed by atoms with Crippen molar-refractivity contribution in [3.05, 3.63) is 64.7 Å². The Balaban J connectivity index is 1.26. The summed E-state index contributed by atoms with van der Waals surface area (Å²) in [5.41, 5.74) is 2.06. The third-order valence-corrected chi connectivity index (χ3v) is 8.66. The second-order valence-corrected chi connectivity index (χ2v) is 11.9. The Bertz CT molecular complexity index is 1540. The summed E-state index contributed by atoms with van der Waals surface area (Å²) in [6.45, 7) is 0.782. The predicted molar refractivity (Wildman–Crippen MR) is 146 cm³/mol. The molecule has 0 spiro atoms. The number of aromatic amines is 1. The molecule has 2 aromatic carbocycles. The van der Waals surface area contributed by atoms with E-state index in [1.807, 2.05) is 0 Å². The van der Waals surface area contributed by atoms with E-state index in [0.29, 0.717) is 41.2 Å². The number of aromatic nitrogens is 1. The van der Waals surface area contributed by atoms with Crippen LogP contribution in [-0.2, 0) is 35.6 Å². The average Bonchev–Trinajstić information content (AvgIpc) is 3.59. The number of nitrogens with zero attached hydrogens (tertiary/aromatic N) is 4. The van der Waals surface area contributed by atoms with Gasteiger partial charge in [0.2, 0.25) is 5.91 Å². The first-order valence-electron chi connectivity index (χ1n) is 12.5. The molecule has 1 aromatic heterocycles. The number of nitrogens with one attached hydrogen (secondary N) is 1. The predicted octanol–water partition coefficient (Wildman–Crippen LogP) is 1.95. The van der Waals surface area contributed by atoms with Crippen molar-refractivity contribution in [1.82, 2.24) is 19.2 Å². The molecule has 0 aliphatic carbocycles. The lowest BCUT2D eigenvalue weighted by atomic mass is 10.1. The number of carbonyl (C=O) groups excluding carboxylic acids is 1. The van der Waals surface area contributed by atoms with Crippen LogP contribution < -0.4 is 0 Å². The second-order valence-electron chi connectivity index (χ2n) is 9.54. The molecule has 0 bridgehead atoms. The van der Waals surface area contributed by atoms with Crippen LogP contribution >= 0.6 is 11.6 Å². The number of likely N-dealkylation sites (N-methyl/N-ethyl adjacent to an activating group) is 1. The Morgan fingerprint density at radius 1 is 1.20 bits per heavy atom. The standard InChI is InChI=1S/C26H28ClN5O7S/c1-30(16-25-38-8-9-39-25)28-12-17-2-4-18(5-3-17)13-32-22(26(34)35)14-31(15-24(32)33)40(36,37)23-11-19-10-20(27)6-7-21(19)29-23/h2-7,10-12,22,25,29H,8-9,13-16H2,1H3,(H,34,35)/t22-/m1/s1. The number of hydrazone groups is 1. The monoisotopic (exact) mass is 589 g/mol. The van der Waals surface area contributed by atoms with Crippen LogP contribution in [0, 0.1) is 0 Å². The summed E-state index contributed by atoms with van der Waals surface area (Å²) in [4.78, 5) is 29.2. The van der Waals surface area contributed by atoms with Gasteiger partial charge in [0.15, 0.2) is 6.29 Å². The van der Waals surface area contributed by atoms with Crippen LogP contribution in [-0.4, -0.2) is 103 Å². The molecule has 12 nitrogen and oxygen atoms in total. The number of carbonyl (C=O) groups is 2. The Morgan fingerprint density at radius 2 is 1.93 bits per heavy atom. The molecule has 1 amide bonds. The van der Waals surface area contributed by atoms with Crippen molar-refractivity contribution < 1.29 is 32.6 Å². The summed E-state index contributed by atoms with van der Waals surface area (Å²) in [7, 11) is -2.36. The number of aliphatic carboxylic acids is 1. The maximum absolute atomic E-state index is 13.3. The van der Waals surface area contributed by atoms with E-state index in [1.54, 1.807) is 60.7 Å². The Morgan fingerprint density at radius 3 is 2.62 bits per heavy atom. The number of rotatable bonds is 9. The number of sulfonamides is 1. The van der Waals surface area contributed by atoms with E-state index >= 15 is 0 Å². The Labute approximate surface area is 235 Å². The summed E-state index contributed by atoms with van der Waals surface area (Å²) in [5, 5.41) is 16.9. The molecule has 2 aliphatic heterocycles. The molecule has 40 heavy (non-hydrogen) atoms. The summed E-state index contributed by atoms with van der Waals surface area (Å²) in [6, 6.07) is 12.1. The van der Waals surface area contributed by atoms with Crippen LogP contribution in [0.4, 0.5) is 0 Å². The number of carboxylic acids is 1. The molecule has 2 aliphatic rings. The van der Waals surface area contributed by atoms with Gasteiger partial charge in [0.1, 0.15) is 11.1 Å². The summed E-state index contributed by atoms with van der Waals surface area (Å²) < 4.78 is 38.4. The maximum Gasteiger partial charge on any atom is 0.327 e. The van der Waals surface area contributed by atoms with E-state index in [0.717, 1.165) is 9.87 Å². The van der Waals surface area contributed by atoms with E-state index in [2.05, 4.69) is 10.1 Å². The van der Waals surface area contributed by atoms with Crippen LogP contribution in [0.2, 0.25) is 5.02 Å². The number of halogens is 1. The van der Waals surface area contributed by atoms with Crippen molar-refractivity contribution in [2.75, 3.05) is 39.9 Å². The minimum absolute atomic E-state index is 0.0161. The molecular weight excluding hydrogens is 562 g/mol. The minimum Gasteiger partial charge on any atom is -0.480 e. The Hall–Kier alpha value is -3.49. The van der Waals surface area contributed by atoms with Gasteiger partial charge in [-0.05, 0) is 35.4 Å². The number of fused-ring (bicyclic) bond motifs is 1. The summed E-state index contributed by atoms with van der Waals surface area (Å²) >= 11 is 6.01. The molecule has 5 rings (SSSR count). The number of piperazine rings is 1. The molecule has 3 heterocycles. The molecular formula is C26H28ClN5O7S. The van der Waals surface area contributed by atoms with Crippen molar-refractivity contribution in [1.29, 1.82) is 0 Å². The molecule has 0 saturated carbocycles. The molecule has 2 N–H and O–H groups in total. The number of ether oxygens (including phenoxy) is 2. The van der Waals surface area contributed by atoms with Gasteiger partial charge in [0.25, 0.3) is 10.0 Å². The van der Waals surface area contributed by atoms with Crippen LogP contribution in [0.5, 0.6) is 0 Å². The van der Waals surface area contributed by atoms with Gasteiger partial charge in [0.05, 0.1) is 32.5 Å². The van der Waals surface area contributed by atoms with Gasteiger partial charge in [-0.2, -0.15) is 9.41 Å². The van der Waals surface area contributed by atoms with Crippen LogP contribution in [0.3, 0.4) is 0 Å². The molecule has 1 atom stereocenters. The van der Waals surface area contributed by atoms with E-state index in [-0.39, 0.29) is 24.4 Å². The lowest BCUT2D eigenvalue weighted by molar-refractivity contribution is -0.154. The number of hydrogen-bond donors (Lipinski definition) is 2. The number of hydrogen-bond acceptors (Lipinski definition) is 8. The minimum atomic E-state index is -4.17. The van der Waals surface area contributed by atoms with Gasteiger partial charge in [-0.15, -0.1) is 0 Å². The highest BCUT2D eigenvalue weighted by atomic mass is 35.5. The topological polar surface area (TPSA) is 145 Å². The molecule has 14 heteroatoms. The third kappa shape index (κ3) is 6.13. The maximum atomic E-state index is 13.3. The van der Waals surface area contributed by atoms with Gasteiger partial charge in [0, 0.05) is 36.1 Å². The first-order valence-corrected chi connectivity index (χ1v) is 14.3. The van der Waals surface area contributed by atoms with Crippen molar-refractivity contribution in [2.24, 2.45) is 5.10 Å². The van der Waals surface area contributed by atoms with Crippen molar-refractivity contribution in [3.63, 3.8) is 0 Å². The quantitative estimate of drug-likeness (QED) is 0.285. The molecule has 0 unspecified atom stereocenters. The number of carboxylic acid groups (broad SMARTS) is 1. The lowest BCUT2D eigenvalue weighted by Gasteiger charge is -2.38. The lowest BCUT2D eigenvalue weighted by Crippen LogP contribution is -2.60. The zero-order valence-corrected chi connectivity index (χ0v) is 23.1. The zero-order chi connectivity index (χ0) is 28.4. The zero-order valence-electron chi connectivity index (χ0n) is 21.6. The van der Waals surface area contributed by atoms with Gasteiger partial charge >= 0.3 is 5.97 Å². The van der Waals surface area contributed by atoms with Crippen molar-refractivity contribution in [3.8, 4) is 0 Å². The smallest absolute Gasteiger partial charge is 0.327 e.